The third-order valence-corrected chi connectivity index (χ3v) is 3.66. The lowest BCUT2D eigenvalue weighted by Gasteiger charge is -2.35. The molecular formula is C16H14ClNO. The summed E-state index contributed by atoms with van der Waals surface area (Å²) < 4.78 is 6.03. The molecule has 96 valence electrons. The summed E-state index contributed by atoms with van der Waals surface area (Å²) in [6.45, 7) is 3.93. The van der Waals surface area contributed by atoms with Crippen LogP contribution in [0.2, 0.25) is 5.02 Å². The molecule has 0 amide bonds. The fourth-order valence-corrected chi connectivity index (χ4v) is 2.67. The van der Waals surface area contributed by atoms with Gasteiger partial charge < -0.3 is 4.74 Å². The minimum absolute atomic E-state index is 0.548. The summed E-state index contributed by atoms with van der Waals surface area (Å²) in [5, 5.41) is 0.694. The number of ether oxygens (including phenoxy) is 1. The summed E-state index contributed by atoms with van der Waals surface area (Å²) in [6, 6.07) is 15.9. The molecule has 1 atom stereocenters. The Labute approximate surface area is 117 Å². The number of benzene rings is 2. The van der Waals surface area contributed by atoms with Crippen LogP contribution in [0.25, 0.3) is 0 Å². The van der Waals surface area contributed by atoms with Gasteiger partial charge in [-0.15, -0.1) is 0 Å². The van der Waals surface area contributed by atoms with E-state index in [9.17, 15) is 0 Å². The number of hydrogen-bond donors (Lipinski definition) is 0. The molecule has 0 N–H and O–H groups in total. The summed E-state index contributed by atoms with van der Waals surface area (Å²) in [5.41, 5.74) is 2.46. The Hall–Kier alpha value is -1.80. The van der Waals surface area contributed by atoms with Gasteiger partial charge in [0.25, 0.3) is 0 Å². The third kappa shape index (κ3) is 2.02. The SMILES string of the molecule is CC1=Nc2ccc(Cl)cc2[C@@](C)(c2ccccc2)O1. The number of aliphatic imine (C=N–C) groups is 1. The molecular weight excluding hydrogens is 258 g/mol. The second kappa shape index (κ2) is 4.39. The summed E-state index contributed by atoms with van der Waals surface area (Å²) in [7, 11) is 0. The van der Waals surface area contributed by atoms with Gasteiger partial charge in [-0.05, 0) is 30.7 Å². The number of halogens is 1. The zero-order valence-electron chi connectivity index (χ0n) is 10.9. The highest BCUT2D eigenvalue weighted by atomic mass is 35.5. The molecule has 0 radical (unpaired) electrons. The molecule has 1 heterocycles. The number of fused-ring (bicyclic) bond motifs is 1. The Kier molecular flexibility index (Phi) is 2.83. The number of hydrogen-bond acceptors (Lipinski definition) is 2. The van der Waals surface area contributed by atoms with Crippen LogP contribution < -0.4 is 0 Å². The first kappa shape index (κ1) is 12.2. The van der Waals surface area contributed by atoms with Gasteiger partial charge in [-0.3, -0.25) is 0 Å². The molecule has 0 spiro atoms. The maximum atomic E-state index is 6.12. The summed E-state index contributed by atoms with van der Waals surface area (Å²) in [4.78, 5) is 4.44. The van der Waals surface area contributed by atoms with Crippen LogP contribution >= 0.6 is 11.6 Å². The van der Waals surface area contributed by atoms with Crippen molar-refractivity contribution in [1.82, 2.24) is 0 Å². The molecule has 2 aromatic carbocycles. The molecule has 0 saturated carbocycles. The number of rotatable bonds is 1. The molecule has 1 aliphatic heterocycles. The van der Waals surface area contributed by atoms with Crippen molar-refractivity contribution in [3.63, 3.8) is 0 Å². The molecule has 0 bridgehead atoms. The van der Waals surface area contributed by atoms with Crippen LogP contribution in [-0.2, 0) is 10.3 Å². The van der Waals surface area contributed by atoms with Crippen molar-refractivity contribution < 1.29 is 4.74 Å². The van der Waals surface area contributed by atoms with E-state index < -0.39 is 5.60 Å². The Morgan fingerprint density at radius 1 is 1.11 bits per heavy atom. The van der Waals surface area contributed by atoms with Crippen molar-refractivity contribution in [2.75, 3.05) is 0 Å². The van der Waals surface area contributed by atoms with Crippen molar-refractivity contribution in [2.24, 2.45) is 4.99 Å². The van der Waals surface area contributed by atoms with Gasteiger partial charge in [-0.25, -0.2) is 4.99 Å². The lowest BCUT2D eigenvalue weighted by atomic mass is 9.86. The highest BCUT2D eigenvalue weighted by molar-refractivity contribution is 6.30. The van der Waals surface area contributed by atoms with Gasteiger partial charge in [-0.1, -0.05) is 41.9 Å². The van der Waals surface area contributed by atoms with Crippen molar-refractivity contribution >= 4 is 23.2 Å². The van der Waals surface area contributed by atoms with Crippen LogP contribution in [-0.4, -0.2) is 5.90 Å². The van der Waals surface area contributed by atoms with Crippen molar-refractivity contribution in [1.29, 1.82) is 0 Å². The highest BCUT2D eigenvalue weighted by Crippen LogP contribution is 2.43. The highest BCUT2D eigenvalue weighted by Gasteiger charge is 2.36. The van der Waals surface area contributed by atoms with E-state index in [1.165, 1.54) is 0 Å². The van der Waals surface area contributed by atoms with Crippen LogP contribution in [0.4, 0.5) is 5.69 Å². The maximum absolute atomic E-state index is 6.12. The van der Waals surface area contributed by atoms with E-state index >= 15 is 0 Å². The molecule has 0 aliphatic carbocycles. The monoisotopic (exact) mass is 271 g/mol. The lowest BCUT2D eigenvalue weighted by molar-refractivity contribution is 0.112. The van der Waals surface area contributed by atoms with Gasteiger partial charge in [0.1, 0.15) is 0 Å². The van der Waals surface area contributed by atoms with Crippen LogP contribution in [0.5, 0.6) is 0 Å². The van der Waals surface area contributed by atoms with E-state index in [0.29, 0.717) is 10.9 Å². The van der Waals surface area contributed by atoms with Gasteiger partial charge in [0, 0.05) is 17.5 Å². The first-order valence-corrected chi connectivity index (χ1v) is 6.57. The Morgan fingerprint density at radius 2 is 1.84 bits per heavy atom. The Balaban J connectivity index is 2.24. The van der Waals surface area contributed by atoms with Crippen molar-refractivity contribution in [2.45, 2.75) is 19.4 Å². The second-order valence-electron chi connectivity index (χ2n) is 4.79. The predicted molar refractivity (Wildman–Crippen MR) is 78.2 cm³/mol. The standard InChI is InChI=1S/C16H14ClNO/c1-11-18-15-9-8-13(17)10-14(15)16(2,19-11)12-6-4-3-5-7-12/h3-10H,1-2H3/t16-/m1/s1. The molecule has 0 fully saturated rings. The summed E-state index contributed by atoms with van der Waals surface area (Å²) in [6.07, 6.45) is 0. The van der Waals surface area contributed by atoms with Crippen molar-refractivity contribution in [3.8, 4) is 0 Å². The lowest BCUT2D eigenvalue weighted by Crippen LogP contribution is -2.32. The Bertz CT molecular complexity index is 651. The minimum Gasteiger partial charge on any atom is -0.465 e. The summed E-state index contributed by atoms with van der Waals surface area (Å²) >= 11 is 6.12. The molecule has 2 nitrogen and oxygen atoms in total. The minimum atomic E-state index is -0.548. The maximum Gasteiger partial charge on any atom is 0.186 e. The summed E-state index contributed by atoms with van der Waals surface area (Å²) in [5.74, 6) is 0.668. The van der Waals surface area contributed by atoms with Gasteiger partial charge in [-0.2, -0.15) is 0 Å². The van der Waals surface area contributed by atoms with E-state index in [4.69, 9.17) is 16.3 Å². The first-order valence-electron chi connectivity index (χ1n) is 6.19. The average Bonchev–Trinajstić information content (AvgIpc) is 2.41. The van der Waals surface area contributed by atoms with Crippen LogP contribution in [0.15, 0.2) is 53.5 Å². The smallest absolute Gasteiger partial charge is 0.186 e. The predicted octanol–water partition coefficient (Wildman–Crippen LogP) is 4.68. The fraction of sp³-hybridized carbons (Fsp3) is 0.188. The van der Waals surface area contributed by atoms with Crippen LogP contribution in [0, 0.1) is 0 Å². The molecule has 2 aromatic rings. The normalized spacial score (nSPS) is 21.3. The largest absolute Gasteiger partial charge is 0.465 e. The molecule has 0 aromatic heterocycles. The molecule has 1 aliphatic rings. The fourth-order valence-electron chi connectivity index (χ4n) is 2.50. The van der Waals surface area contributed by atoms with Crippen LogP contribution in [0.1, 0.15) is 25.0 Å². The number of nitrogens with zero attached hydrogens (tertiary/aromatic N) is 1. The van der Waals surface area contributed by atoms with Crippen molar-refractivity contribution in [3.05, 3.63) is 64.7 Å². The molecule has 3 heteroatoms. The van der Waals surface area contributed by atoms with Gasteiger partial charge in [0.15, 0.2) is 11.5 Å². The molecule has 19 heavy (non-hydrogen) atoms. The quantitative estimate of drug-likeness (QED) is 0.738. The molecule has 0 saturated heterocycles. The van der Waals surface area contributed by atoms with E-state index in [1.807, 2.05) is 43.3 Å². The van der Waals surface area contributed by atoms with E-state index in [1.54, 1.807) is 0 Å². The van der Waals surface area contributed by atoms with E-state index in [2.05, 4.69) is 24.0 Å². The topological polar surface area (TPSA) is 21.6 Å². The third-order valence-electron chi connectivity index (χ3n) is 3.43. The van der Waals surface area contributed by atoms with E-state index in [0.717, 1.165) is 16.8 Å². The zero-order valence-corrected chi connectivity index (χ0v) is 11.6. The zero-order chi connectivity index (χ0) is 13.5. The van der Waals surface area contributed by atoms with E-state index in [-0.39, 0.29) is 0 Å². The van der Waals surface area contributed by atoms with Crippen LogP contribution in [0.3, 0.4) is 0 Å². The first-order chi connectivity index (χ1) is 9.09. The molecule has 3 rings (SSSR count). The average molecular weight is 272 g/mol. The molecule has 0 unspecified atom stereocenters. The van der Waals surface area contributed by atoms with Gasteiger partial charge in [0.05, 0.1) is 5.69 Å². The Morgan fingerprint density at radius 3 is 2.58 bits per heavy atom. The second-order valence-corrected chi connectivity index (χ2v) is 5.23. The van der Waals surface area contributed by atoms with Gasteiger partial charge >= 0.3 is 0 Å². The van der Waals surface area contributed by atoms with Gasteiger partial charge in [0.2, 0.25) is 0 Å².